The van der Waals surface area contributed by atoms with Crippen molar-refractivity contribution in [1.29, 1.82) is 0 Å². The van der Waals surface area contributed by atoms with Crippen molar-refractivity contribution in [3.63, 3.8) is 0 Å². The fourth-order valence-corrected chi connectivity index (χ4v) is 2.06. The molecule has 2 aromatic rings. The Balaban J connectivity index is 2.07. The van der Waals surface area contributed by atoms with Crippen LogP contribution in [0, 0.1) is 19.8 Å². The molecule has 1 aromatic heterocycles. The van der Waals surface area contributed by atoms with E-state index in [0.29, 0.717) is 11.9 Å². The van der Waals surface area contributed by atoms with Crippen LogP contribution in [0.2, 0.25) is 0 Å². The van der Waals surface area contributed by atoms with E-state index in [2.05, 4.69) is 53.5 Å². The molecule has 0 aliphatic heterocycles. The Hall–Kier alpha value is -2.10. The molecule has 0 aliphatic carbocycles. The predicted octanol–water partition coefficient (Wildman–Crippen LogP) is 4.30. The first-order valence-corrected chi connectivity index (χ1v) is 7.46. The highest BCUT2D eigenvalue weighted by molar-refractivity contribution is 5.56. The number of benzene rings is 1. The van der Waals surface area contributed by atoms with E-state index in [9.17, 15) is 0 Å². The quantitative estimate of drug-likeness (QED) is 0.830. The Kier molecular flexibility index (Phi) is 5.14. The van der Waals surface area contributed by atoms with E-state index in [1.165, 1.54) is 5.56 Å². The maximum Gasteiger partial charge on any atom is 0.229 e. The van der Waals surface area contributed by atoms with E-state index >= 15 is 0 Å². The standard InChI is InChI=1S/C17H24N4/c1-12(2)8-9-18-16-11-14(4)19-17(21-16)20-15-7-5-6-13(3)10-15/h5-7,10-12H,8-9H2,1-4H3,(H2,18,19,20,21). The second-order valence-corrected chi connectivity index (χ2v) is 5.82. The van der Waals surface area contributed by atoms with Crippen LogP contribution in [0.25, 0.3) is 0 Å². The van der Waals surface area contributed by atoms with Gasteiger partial charge in [-0.15, -0.1) is 0 Å². The molecule has 0 amide bonds. The van der Waals surface area contributed by atoms with Crippen molar-refractivity contribution >= 4 is 17.5 Å². The number of nitrogens with one attached hydrogen (secondary N) is 2. The number of anilines is 3. The molecule has 112 valence electrons. The van der Waals surface area contributed by atoms with Gasteiger partial charge in [-0.25, -0.2) is 4.98 Å². The van der Waals surface area contributed by atoms with Gasteiger partial charge in [-0.1, -0.05) is 26.0 Å². The van der Waals surface area contributed by atoms with Gasteiger partial charge >= 0.3 is 0 Å². The monoisotopic (exact) mass is 284 g/mol. The summed E-state index contributed by atoms with van der Waals surface area (Å²) in [6, 6.07) is 10.2. The lowest BCUT2D eigenvalue weighted by Gasteiger charge is -2.11. The zero-order valence-corrected chi connectivity index (χ0v) is 13.3. The molecular weight excluding hydrogens is 260 g/mol. The maximum absolute atomic E-state index is 4.52. The molecule has 0 unspecified atom stereocenters. The third-order valence-corrected chi connectivity index (χ3v) is 3.16. The summed E-state index contributed by atoms with van der Waals surface area (Å²) in [4.78, 5) is 8.96. The summed E-state index contributed by atoms with van der Waals surface area (Å²) in [7, 11) is 0. The molecule has 0 bridgehead atoms. The summed E-state index contributed by atoms with van der Waals surface area (Å²) in [5.41, 5.74) is 3.17. The molecule has 21 heavy (non-hydrogen) atoms. The Labute approximate surface area is 127 Å². The Morgan fingerprint density at radius 2 is 1.90 bits per heavy atom. The van der Waals surface area contributed by atoms with Crippen LogP contribution in [0.5, 0.6) is 0 Å². The topological polar surface area (TPSA) is 49.8 Å². The van der Waals surface area contributed by atoms with Gasteiger partial charge in [0.2, 0.25) is 5.95 Å². The minimum Gasteiger partial charge on any atom is -0.370 e. The number of aryl methyl sites for hydroxylation is 2. The molecule has 0 saturated heterocycles. The minimum atomic E-state index is 0.632. The molecule has 2 rings (SSSR count). The Morgan fingerprint density at radius 3 is 2.62 bits per heavy atom. The summed E-state index contributed by atoms with van der Waals surface area (Å²) in [6.07, 6.45) is 1.13. The highest BCUT2D eigenvalue weighted by atomic mass is 15.1. The third kappa shape index (κ3) is 5.06. The van der Waals surface area contributed by atoms with Crippen LogP contribution in [0.15, 0.2) is 30.3 Å². The number of hydrogen-bond donors (Lipinski definition) is 2. The lowest BCUT2D eigenvalue weighted by molar-refractivity contribution is 0.606. The van der Waals surface area contributed by atoms with Crippen molar-refractivity contribution in [3.05, 3.63) is 41.6 Å². The van der Waals surface area contributed by atoms with Crippen LogP contribution in [-0.4, -0.2) is 16.5 Å². The average molecular weight is 284 g/mol. The lowest BCUT2D eigenvalue weighted by Crippen LogP contribution is -2.08. The van der Waals surface area contributed by atoms with Crippen LogP contribution in [0.4, 0.5) is 17.5 Å². The highest BCUT2D eigenvalue weighted by Crippen LogP contribution is 2.17. The van der Waals surface area contributed by atoms with E-state index < -0.39 is 0 Å². The summed E-state index contributed by atoms with van der Waals surface area (Å²) in [5, 5.41) is 6.63. The zero-order chi connectivity index (χ0) is 15.2. The largest absolute Gasteiger partial charge is 0.370 e. The van der Waals surface area contributed by atoms with Crippen molar-refractivity contribution in [2.75, 3.05) is 17.2 Å². The third-order valence-electron chi connectivity index (χ3n) is 3.16. The second kappa shape index (κ2) is 7.07. The number of hydrogen-bond acceptors (Lipinski definition) is 4. The van der Waals surface area contributed by atoms with Crippen LogP contribution >= 0.6 is 0 Å². The molecule has 4 heteroatoms. The number of nitrogens with zero attached hydrogens (tertiary/aromatic N) is 2. The average Bonchev–Trinajstić information content (AvgIpc) is 2.37. The normalized spacial score (nSPS) is 10.7. The Bertz CT molecular complexity index is 593. The lowest BCUT2D eigenvalue weighted by atomic mass is 10.1. The van der Waals surface area contributed by atoms with Crippen LogP contribution < -0.4 is 10.6 Å². The fourth-order valence-electron chi connectivity index (χ4n) is 2.06. The van der Waals surface area contributed by atoms with Gasteiger partial charge in [-0.2, -0.15) is 4.98 Å². The molecule has 2 N–H and O–H groups in total. The second-order valence-electron chi connectivity index (χ2n) is 5.82. The summed E-state index contributed by atoms with van der Waals surface area (Å²) in [6.45, 7) is 9.42. The minimum absolute atomic E-state index is 0.632. The van der Waals surface area contributed by atoms with Gasteiger partial charge in [0.25, 0.3) is 0 Å². The molecule has 1 aromatic carbocycles. The van der Waals surface area contributed by atoms with Gasteiger partial charge in [0.15, 0.2) is 0 Å². The summed E-state index contributed by atoms with van der Waals surface area (Å²) in [5.74, 6) is 2.19. The molecule has 0 radical (unpaired) electrons. The molecule has 0 aliphatic rings. The van der Waals surface area contributed by atoms with E-state index in [-0.39, 0.29) is 0 Å². The molecule has 0 fully saturated rings. The SMILES string of the molecule is Cc1cccc(Nc2nc(C)cc(NCCC(C)C)n2)c1. The van der Waals surface area contributed by atoms with Crippen molar-refractivity contribution in [3.8, 4) is 0 Å². The van der Waals surface area contributed by atoms with Gasteiger partial charge in [0.05, 0.1) is 0 Å². The Morgan fingerprint density at radius 1 is 1.10 bits per heavy atom. The summed E-state index contributed by atoms with van der Waals surface area (Å²) >= 11 is 0. The van der Waals surface area contributed by atoms with Crippen LogP contribution in [-0.2, 0) is 0 Å². The van der Waals surface area contributed by atoms with Crippen molar-refractivity contribution < 1.29 is 0 Å². The first-order valence-electron chi connectivity index (χ1n) is 7.46. The van der Waals surface area contributed by atoms with Gasteiger partial charge in [-0.3, -0.25) is 0 Å². The van der Waals surface area contributed by atoms with E-state index in [4.69, 9.17) is 0 Å². The summed E-state index contributed by atoms with van der Waals surface area (Å²) < 4.78 is 0. The first-order chi connectivity index (χ1) is 10.0. The zero-order valence-electron chi connectivity index (χ0n) is 13.3. The highest BCUT2D eigenvalue weighted by Gasteiger charge is 2.03. The van der Waals surface area contributed by atoms with Gasteiger partial charge in [0, 0.05) is 24.0 Å². The number of aromatic nitrogens is 2. The van der Waals surface area contributed by atoms with Gasteiger partial charge in [-0.05, 0) is 43.9 Å². The van der Waals surface area contributed by atoms with Crippen molar-refractivity contribution in [2.24, 2.45) is 5.92 Å². The molecular formula is C17H24N4. The van der Waals surface area contributed by atoms with E-state index in [1.807, 2.05) is 25.1 Å². The maximum atomic E-state index is 4.52. The molecule has 1 heterocycles. The van der Waals surface area contributed by atoms with E-state index in [1.54, 1.807) is 0 Å². The predicted molar refractivity (Wildman–Crippen MR) is 89.2 cm³/mol. The van der Waals surface area contributed by atoms with Crippen LogP contribution in [0.1, 0.15) is 31.5 Å². The number of rotatable bonds is 6. The van der Waals surface area contributed by atoms with Gasteiger partial charge in [0.1, 0.15) is 5.82 Å². The molecule has 0 saturated carbocycles. The smallest absolute Gasteiger partial charge is 0.229 e. The molecule has 0 atom stereocenters. The first kappa shape index (κ1) is 15.3. The van der Waals surface area contributed by atoms with Gasteiger partial charge < -0.3 is 10.6 Å². The van der Waals surface area contributed by atoms with Crippen molar-refractivity contribution in [2.45, 2.75) is 34.1 Å². The molecule has 4 nitrogen and oxygen atoms in total. The van der Waals surface area contributed by atoms with Crippen LogP contribution in [0.3, 0.4) is 0 Å². The van der Waals surface area contributed by atoms with E-state index in [0.717, 1.165) is 30.2 Å². The fraction of sp³-hybridized carbons (Fsp3) is 0.412. The molecule has 0 spiro atoms. The van der Waals surface area contributed by atoms with Crippen molar-refractivity contribution in [1.82, 2.24) is 9.97 Å².